The van der Waals surface area contributed by atoms with Crippen molar-refractivity contribution in [1.29, 1.82) is 0 Å². The summed E-state index contributed by atoms with van der Waals surface area (Å²) in [6.45, 7) is 1.82. The number of amides is 1. The van der Waals surface area contributed by atoms with Crippen LogP contribution in [0.25, 0.3) is 0 Å². The van der Waals surface area contributed by atoms with Gasteiger partial charge in [-0.15, -0.1) is 5.10 Å². The Morgan fingerprint density at radius 1 is 1.28 bits per heavy atom. The lowest BCUT2D eigenvalue weighted by atomic mass is 10.2. The van der Waals surface area contributed by atoms with Gasteiger partial charge in [0, 0.05) is 6.20 Å². The number of rotatable bonds is 2. The number of nitrogens with zero attached hydrogens (tertiary/aromatic N) is 4. The summed E-state index contributed by atoms with van der Waals surface area (Å²) in [7, 11) is 0. The minimum atomic E-state index is -0.315. The summed E-state index contributed by atoms with van der Waals surface area (Å²) in [6.07, 6.45) is 7.15. The summed E-state index contributed by atoms with van der Waals surface area (Å²) in [6, 6.07) is 0. The summed E-state index contributed by atoms with van der Waals surface area (Å²) in [5.41, 5.74) is 2.01. The molecule has 1 saturated carbocycles. The third-order valence-corrected chi connectivity index (χ3v) is 2.81. The second kappa shape index (κ2) is 4.29. The quantitative estimate of drug-likeness (QED) is 0.836. The Labute approximate surface area is 104 Å². The Morgan fingerprint density at radius 3 is 2.78 bits per heavy atom. The molecule has 0 bridgehead atoms. The van der Waals surface area contributed by atoms with Crippen LogP contribution in [0.1, 0.15) is 29.0 Å². The highest BCUT2D eigenvalue weighted by molar-refractivity contribution is 6.22. The van der Waals surface area contributed by atoms with Gasteiger partial charge in [0.2, 0.25) is 0 Å². The van der Waals surface area contributed by atoms with Gasteiger partial charge in [0.25, 0.3) is 5.91 Å². The molecule has 1 radical (unpaired) electrons. The van der Waals surface area contributed by atoms with Crippen LogP contribution >= 0.6 is 0 Å². The zero-order valence-electron chi connectivity index (χ0n) is 9.92. The second-order valence-corrected chi connectivity index (χ2v) is 4.43. The molecule has 2 heterocycles. The Kier molecular flexibility index (Phi) is 2.62. The predicted molar refractivity (Wildman–Crippen MR) is 66.1 cm³/mol. The smallest absolute Gasteiger partial charge is 0.276 e. The fourth-order valence-corrected chi connectivity index (χ4v) is 1.64. The van der Waals surface area contributed by atoms with Crippen LogP contribution in [0.3, 0.4) is 0 Å². The zero-order chi connectivity index (χ0) is 12.5. The molecule has 1 aromatic rings. The lowest BCUT2D eigenvalue weighted by molar-refractivity contribution is 0.0972. The average molecular weight is 242 g/mol. The van der Waals surface area contributed by atoms with Crippen LogP contribution in [-0.2, 0) is 0 Å². The fraction of sp³-hybridized carbons (Fsp3) is 0.333. The molecule has 1 aliphatic carbocycles. The molecule has 0 aromatic carbocycles. The molecule has 1 amide bonds. The first-order valence-electron chi connectivity index (χ1n) is 5.82. The number of aryl methyl sites for hydroxylation is 1. The molecule has 18 heavy (non-hydrogen) atoms. The van der Waals surface area contributed by atoms with Gasteiger partial charge < -0.3 is 5.32 Å². The summed E-state index contributed by atoms with van der Waals surface area (Å²) < 4.78 is 0. The average Bonchev–Trinajstić information content (AvgIpc) is 3.11. The number of amidine groups is 1. The van der Waals surface area contributed by atoms with Gasteiger partial charge in [0.1, 0.15) is 11.5 Å². The lowest BCUT2D eigenvalue weighted by Crippen LogP contribution is -2.31. The standard InChI is InChI=1S/C12H12N5O/c1-7-5-14-10(6-13-7)12(18)15-11-4-9(16-17-11)8-2-3-8/h4-6,8H,2-3H2,1H3,(H,15,17,18). The van der Waals surface area contributed by atoms with Crippen molar-refractivity contribution in [2.24, 2.45) is 16.1 Å². The normalized spacial score (nSPS) is 18.3. The molecule has 0 spiro atoms. The molecular formula is C12H12N5O. The third kappa shape index (κ3) is 2.27. The SMILES string of the molecule is Cc1cnc(C(=O)NC2=NN=C(C3CC3)[CH]2)cn1. The van der Waals surface area contributed by atoms with Crippen molar-refractivity contribution in [3.8, 4) is 0 Å². The maximum atomic E-state index is 11.8. The zero-order valence-corrected chi connectivity index (χ0v) is 9.92. The van der Waals surface area contributed by atoms with Gasteiger partial charge in [-0.2, -0.15) is 5.10 Å². The van der Waals surface area contributed by atoms with Crippen LogP contribution in [0.4, 0.5) is 0 Å². The van der Waals surface area contributed by atoms with E-state index in [4.69, 9.17) is 0 Å². The lowest BCUT2D eigenvalue weighted by Gasteiger charge is -2.03. The fourth-order valence-electron chi connectivity index (χ4n) is 1.64. The van der Waals surface area contributed by atoms with E-state index in [9.17, 15) is 4.79 Å². The van der Waals surface area contributed by atoms with Crippen molar-refractivity contribution < 1.29 is 4.79 Å². The molecular weight excluding hydrogens is 230 g/mol. The first kappa shape index (κ1) is 11.0. The van der Waals surface area contributed by atoms with Crippen molar-refractivity contribution in [3.05, 3.63) is 30.2 Å². The Bertz CT molecular complexity index is 542. The van der Waals surface area contributed by atoms with Gasteiger partial charge in [-0.25, -0.2) is 4.98 Å². The molecule has 6 nitrogen and oxygen atoms in total. The molecule has 0 saturated heterocycles. The minimum Gasteiger partial charge on any atom is -0.307 e. The van der Waals surface area contributed by atoms with Crippen molar-refractivity contribution in [1.82, 2.24) is 15.3 Å². The van der Waals surface area contributed by atoms with E-state index in [1.807, 2.05) is 13.3 Å². The highest BCUT2D eigenvalue weighted by Gasteiger charge is 2.31. The third-order valence-electron chi connectivity index (χ3n) is 2.81. The molecule has 1 aliphatic heterocycles. The van der Waals surface area contributed by atoms with Crippen LogP contribution in [0, 0.1) is 19.3 Å². The number of carbonyl (C=O) groups excluding carboxylic acids is 1. The largest absolute Gasteiger partial charge is 0.307 e. The highest BCUT2D eigenvalue weighted by Crippen LogP contribution is 2.32. The number of carbonyl (C=O) groups is 1. The topological polar surface area (TPSA) is 79.6 Å². The van der Waals surface area contributed by atoms with E-state index in [2.05, 4.69) is 25.5 Å². The number of hydrogen-bond acceptors (Lipinski definition) is 5. The van der Waals surface area contributed by atoms with Crippen molar-refractivity contribution >= 4 is 17.5 Å². The van der Waals surface area contributed by atoms with E-state index >= 15 is 0 Å². The maximum Gasteiger partial charge on any atom is 0.276 e. The molecule has 3 rings (SSSR count). The number of hydrogen-bond donors (Lipinski definition) is 1. The van der Waals surface area contributed by atoms with Crippen molar-refractivity contribution in [2.75, 3.05) is 0 Å². The van der Waals surface area contributed by atoms with E-state index in [0.717, 1.165) is 24.2 Å². The molecule has 0 atom stereocenters. The van der Waals surface area contributed by atoms with Crippen LogP contribution in [0.5, 0.6) is 0 Å². The van der Waals surface area contributed by atoms with Gasteiger partial charge in [0.05, 0.1) is 24.0 Å². The maximum absolute atomic E-state index is 11.8. The second-order valence-electron chi connectivity index (χ2n) is 4.43. The Balaban J connectivity index is 1.60. The van der Waals surface area contributed by atoms with Gasteiger partial charge in [0.15, 0.2) is 0 Å². The molecule has 2 aliphatic rings. The summed E-state index contributed by atoms with van der Waals surface area (Å²) in [5.74, 6) is 0.691. The Morgan fingerprint density at radius 2 is 2.11 bits per heavy atom. The molecule has 1 aromatic heterocycles. The first-order chi connectivity index (χ1) is 8.72. The van der Waals surface area contributed by atoms with Crippen LogP contribution in [0.15, 0.2) is 22.6 Å². The first-order valence-corrected chi connectivity index (χ1v) is 5.82. The number of nitrogens with one attached hydrogen (secondary N) is 1. The number of aromatic nitrogens is 2. The highest BCUT2D eigenvalue weighted by atomic mass is 16.2. The molecule has 1 N–H and O–H groups in total. The summed E-state index contributed by atoms with van der Waals surface area (Å²) in [4.78, 5) is 19.9. The van der Waals surface area contributed by atoms with Gasteiger partial charge >= 0.3 is 0 Å². The molecule has 1 fully saturated rings. The van der Waals surface area contributed by atoms with Crippen molar-refractivity contribution in [3.63, 3.8) is 0 Å². The van der Waals surface area contributed by atoms with Crippen molar-refractivity contribution in [2.45, 2.75) is 19.8 Å². The van der Waals surface area contributed by atoms with E-state index in [1.165, 1.54) is 6.20 Å². The van der Waals surface area contributed by atoms with E-state index in [-0.39, 0.29) is 11.6 Å². The summed E-state index contributed by atoms with van der Waals surface area (Å²) in [5, 5.41) is 10.6. The van der Waals surface area contributed by atoms with Crippen LogP contribution in [0.2, 0.25) is 0 Å². The van der Waals surface area contributed by atoms with Gasteiger partial charge in [-0.05, 0) is 25.7 Å². The Hall–Kier alpha value is -2.11. The van der Waals surface area contributed by atoms with E-state index < -0.39 is 0 Å². The molecule has 6 heteroatoms. The van der Waals surface area contributed by atoms with Crippen LogP contribution < -0.4 is 5.32 Å². The predicted octanol–water partition coefficient (Wildman–Crippen LogP) is 0.897. The van der Waals surface area contributed by atoms with E-state index in [0.29, 0.717) is 11.8 Å². The van der Waals surface area contributed by atoms with Crippen LogP contribution in [-0.4, -0.2) is 27.4 Å². The summed E-state index contributed by atoms with van der Waals surface area (Å²) >= 11 is 0. The van der Waals surface area contributed by atoms with Gasteiger partial charge in [-0.1, -0.05) is 0 Å². The van der Waals surface area contributed by atoms with E-state index in [1.54, 1.807) is 6.20 Å². The van der Waals surface area contributed by atoms with Gasteiger partial charge in [-0.3, -0.25) is 9.78 Å². The molecule has 0 unspecified atom stereocenters. The monoisotopic (exact) mass is 242 g/mol. The molecule has 91 valence electrons. The minimum absolute atomic E-state index is 0.275.